The first-order chi connectivity index (χ1) is 8.72. The number of morpholine rings is 1. The number of rotatable bonds is 5. The Balaban J connectivity index is 1.95. The van der Waals surface area contributed by atoms with Crippen molar-refractivity contribution in [2.45, 2.75) is 31.9 Å². The van der Waals surface area contributed by atoms with Crippen molar-refractivity contribution in [3.8, 4) is 0 Å². The van der Waals surface area contributed by atoms with Crippen LogP contribution in [0.1, 0.15) is 16.7 Å². The smallest absolute Gasteiger partial charge is 0.0872 e. The zero-order valence-corrected chi connectivity index (χ0v) is 12.0. The lowest BCUT2D eigenvalue weighted by molar-refractivity contribution is -0.0383. The summed E-state index contributed by atoms with van der Waals surface area (Å²) in [5.74, 6) is 5.69. The number of likely N-dealkylation sites (N-methyl/N-ethyl adjacent to an activating group) is 1. The second-order valence-electron chi connectivity index (χ2n) is 4.87. The van der Waals surface area contributed by atoms with Crippen LogP contribution in [-0.4, -0.2) is 43.8 Å². The Morgan fingerprint density at radius 1 is 1.56 bits per heavy atom. The van der Waals surface area contributed by atoms with Crippen LogP contribution in [0, 0.1) is 0 Å². The van der Waals surface area contributed by atoms with E-state index in [0.717, 1.165) is 32.5 Å². The molecular weight excluding hydrogens is 246 g/mol. The lowest BCUT2D eigenvalue weighted by Crippen LogP contribution is -2.53. The maximum Gasteiger partial charge on any atom is 0.0872 e. The van der Waals surface area contributed by atoms with E-state index in [0.29, 0.717) is 0 Å². The fourth-order valence-corrected chi connectivity index (χ4v) is 3.31. The number of thiophene rings is 1. The van der Waals surface area contributed by atoms with Gasteiger partial charge >= 0.3 is 0 Å². The van der Waals surface area contributed by atoms with Crippen LogP contribution in [-0.2, 0) is 17.6 Å². The fourth-order valence-electron chi connectivity index (χ4n) is 2.29. The molecule has 4 nitrogen and oxygen atoms in total. The minimum Gasteiger partial charge on any atom is -0.374 e. The van der Waals surface area contributed by atoms with E-state index < -0.39 is 0 Å². The number of aryl methyl sites for hydroxylation is 1. The van der Waals surface area contributed by atoms with E-state index in [1.165, 1.54) is 9.75 Å². The average Bonchev–Trinajstić information content (AvgIpc) is 2.83. The molecule has 5 heteroatoms. The minimum absolute atomic E-state index is 0.181. The Kier molecular flexibility index (Phi) is 5.14. The van der Waals surface area contributed by atoms with Crippen LogP contribution in [0.4, 0.5) is 0 Å². The van der Waals surface area contributed by atoms with Crippen LogP contribution in [0.5, 0.6) is 0 Å². The minimum atomic E-state index is 0.181. The van der Waals surface area contributed by atoms with Crippen molar-refractivity contribution in [3.63, 3.8) is 0 Å². The van der Waals surface area contributed by atoms with Gasteiger partial charge in [-0.15, -0.1) is 11.3 Å². The monoisotopic (exact) mass is 269 g/mol. The molecule has 1 aliphatic rings. The molecule has 2 heterocycles. The van der Waals surface area contributed by atoms with Gasteiger partial charge in [0.2, 0.25) is 0 Å². The average molecular weight is 269 g/mol. The number of hydrogen-bond donors (Lipinski definition) is 2. The number of ether oxygens (including phenoxy) is 1. The van der Waals surface area contributed by atoms with E-state index in [4.69, 9.17) is 10.6 Å². The quantitative estimate of drug-likeness (QED) is 0.619. The predicted molar refractivity (Wildman–Crippen MR) is 75.7 cm³/mol. The molecule has 1 aromatic rings. The van der Waals surface area contributed by atoms with Crippen molar-refractivity contribution in [1.29, 1.82) is 0 Å². The summed E-state index contributed by atoms with van der Waals surface area (Å²) in [4.78, 5) is 5.11. The summed E-state index contributed by atoms with van der Waals surface area (Å²) in [6, 6.07) is 4.61. The summed E-state index contributed by atoms with van der Waals surface area (Å²) in [6.07, 6.45) is 2.23. The molecule has 18 heavy (non-hydrogen) atoms. The van der Waals surface area contributed by atoms with Gasteiger partial charge in [-0.25, -0.2) is 0 Å². The molecule has 2 rings (SSSR count). The zero-order chi connectivity index (χ0) is 13.0. The van der Waals surface area contributed by atoms with Gasteiger partial charge in [-0.05, 0) is 25.6 Å². The van der Waals surface area contributed by atoms with Gasteiger partial charge in [0, 0.05) is 29.3 Å². The molecule has 2 unspecified atom stereocenters. The van der Waals surface area contributed by atoms with Crippen molar-refractivity contribution in [2.24, 2.45) is 5.84 Å². The van der Waals surface area contributed by atoms with Gasteiger partial charge in [-0.2, -0.15) is 0 Å². The third-order valence-electron chi connectivity index (χ3n) is 3.45. The molecule has 1 aromatic heterocycles. The van der Waals surface area contributed by atoms with Crippen molar-refractivity contribution < 1.29 is 4.74 Å². The molecule has 2 atom stereocenters. The second-order valence-corrected chi connectivity index (χ2v) is 6.12. The molecule has 0 aliphatic carbocycles. The number of hydrogen-bond acceptors (Lipinski definition) is 5. The lowest BCUT2D eigenvalue weighted by Gasteiger charge is -2.34. The molecule has 0 spiro atoms. The maximum absolute atomic E-state index is 5.83. The van der Waals surface area contributed by atoms with E-state index in [1.54, 1.807) is 0 Å². The van der Waals surface area contributed by atoms with Gasteiger partial charge in [0.05, 0.1) is 18.8 Å². The Morgan fingerprint density at radius 2 is 2.33 bits per heavy atom. The van der Waals surface area contributed by atoms with Gasteiger partial charge < -0.3 is 9.64 Å². The molecule has 1 fully saturated rings. The summed E-state index contributed by atoms with van der Waals surface area (Å²) in [6.45, 7) is 4.94. The summed E-state index contributed by atoms with van der Waals surface area (Å²) in [5.41, 5.74) is 2.92. The molecule has 102 valence electrons. The van der Waals surface area contributed by atoms with E-state index >= 15 is 0 Å². The lowest BCUT2D eigenvalue weighted by atomic mass is 10.1. The van der Waals surface area contributed by atoms with E-state index in [9.17, 15) is 0 Å². The van der Waals surface area contributed by atoms with Gasteiger partial charge in [-0.1, -0.05) is 6.92 Å². The third-order valence-corrected chi connectivity index (χ3v) is 4.70. The molecule has 0 bridgehead atoms. The number of nitrogens with zero attached hydrogens (tertiary/aromatic N) is 1. The van der Waals surface area contributed by atoms with Gasteiger partial charge in [0.15, 0.2) is 0 Å². The SMILES string of the molecule is CCc1ccc(CC(NN)C2CN(C)CCO2)s1. The molecule has 1 saturated heterocycles. The standard InChI is InChI=1S/C13H23N3OS/c1-3-10-4-5-11(18-10)8-12(15-14)13-9-16(2)6-7-17-13/h4-5,12-13,15H,3,6-9,14H2,1-2H3. The van der Waals surface area contributed by atoms with E-state index in [2.05, 4.69) is 36.4 Å². The van der Waals surface area contributed by atoms with Gasteiger partial charge in [0.1, 0.15) is 0 Å². The van der Waals surface area contributed by atoms with Crippen molar-refractivity contribution >= 4 is 11.3 Å². The highest BCUT2D eigenvalue weighted by Crippen LogP contribution is 2.20. The van der Waals surface area contributed by atoms with Crippen molar-refractivity contribution in [1.82, 2.24) is 10.3 Å². The predicted octanol–water partition coefficient (Wildman–Crippen LogP) is 1.02. The van der Waals surface area contributed by atoms with Crippen LogP contribution in [0.15, 0.2) is 12.1 Å². The number of nitrogens with two attached hydrogens (primary N) is 1. The van der Waals surface area contributed by atoms with E-state index in [1.807, 2.05) is 11.3 Å². The molecule has 3 N–H and O–H groups in total. The Labute approximate surface area is 113 Å². The zero-order valence-electron chi connectivity index (χ0n) is 11.2. The maximum atomic E-state index is 5.83. The van der Waals surface area contributed by atoms with Crippen LogP contribution < -0.4 is 11.3 Å². The first-order valence-electron chi connectivity index (χ1n) is 6.56. The van der Waals surface area contributed by atoms with E-state index in [-0.39, 0.29) is 12.1 Å². The molecule has 0 saturated carbocycles. The largest absolute Gasteiger partial charge is 0.374 e. The topological polar surface area (TPSA) is 50.5 Å². The van der Waals surface area contributed by atoms with Gasteiger partial charge in [0.25, 0.3) is 0 Å². The molecule has 0 amide bonds. The highest BCUT2D eigenvalue weighted by Gasteiger charge is 2.26. The van der Waals surface area contributed by atoms with Crippen molar-refractivity contribution in [2.75, 3.05) is 26.7 Å². The van der Waals surface area contributed by atoms with Crippen LogP contribution in [0.2, 0.25) is 0 Å². The summed E-state index contributed by atoms with van der Waals surface area (Å²) >= 11 is 1.88. The number of nitrogens with one attached hydrogen (secondary N) is 1. The Hall–Kier alpha value is -0.460. The molecular formula is C13H23N3OS. The first kappa shape index (κ1) is 14.0. The first-order valence-corrected chi connectivity index (χ1v) is 7.38. The fraction of sp³-hybridized carbons (Fsp3) is 0.692. The molecule has 0 radical (unpaired) electrons. The Morgan fingerprint density at radius 3 is 2.94 bits per heavy atom. The molecule has 0 aromatic carbocycles. The highest BCUT2D eigenvalue weighted by molar-refractivity contribution is 7.11. The normalized spacial score (nSPS) is 23.2. The third kappa shape index (κ3) is 3.52. The summed E-state index contributed by atoms with van der Waals surface area (Å²) in [7, 11) is 2.13. The number of hydrazine groups is 1. The van der Waals surface area contributed by atoms with Gasteiger partial charge in [-0.3, -0.25) is 11.3 Å². The van der Waals surface area contributed by atoms with Crippen molar-refractivity contribution in [3.05, 3.63) is 21.9 Å². The van der Waals surface area contributed by atoms with Crippen LogP contribution in [0.25, 0.3) is 0 Å². The Bertz CT molecular complexity index is 369. The summed E-state index contributed by atoms with van der Waals surface area (Å²) < 4.78 is 5.83. The summed E-state index contributed by atoms with van der Waals surface area (Å²) in [5, 5.41) is 0. The van der Waals surface area contributed by atoms with Crippen LogP contribution >= 0.6 is 11.3 Å². The highest BCUT2D eigenvalue weighted by atomic mass is 32.1. The van der Waals surface area contributed by atoms with Crippen LogP contribution in [0.3, 0.4) is 0 Å². The second kappa shape index (κ2) is 6.63. The molecule has 1 aliphatic heterocycles.